The Hall–Kier alpha value is -1.11. The lowest BCUT2D eigenvalue weighted by molar-refractivity contribution is 0.0769. The third kappa shape index (κ3) is 2.08. The number of fused-ring (bicyclic) bond motifs is 3. The Morgan fingerprint density at radius 3 is 2.62 bits per heavy atom. The van der Waals surface area contributed by atoms with Crippen molar-refractivity contribution in [3.63, 3.8) is 0 Å². The number of hydrogen-bond acceptors (Lipinski definition) is 4. The fourth-order valence-electron chi connectivity index (χ4n) is 4.05. The Labute approximate surface area is 125 Å². The Bertz CT molecular complexity index is 659. The number of rotatable bonds is 2. The van der Waals surface area contributed by atoms with Gasteiger partial charge < -0.3 is 10.4 Å². The fourth-order valence-corrected chi connectivity index (χ4v) is 5.97. The normalized spacial score (nSPS) is 32.0. The topological polar surface area (TPSA) is 69.6 Å². The highest BCUT2D eigenvalue weighted by Crippen LogP contribution is 2.40. The van der Waals surface area contributed by atoms with Gasteiger partial charge in [0, 0.05) is 24.3 Å². The monoisotopic (exact) mass is 308 g/mol. The van der Waals surface area contributed by atoms with Crippen molar-refractivity contribution in [3.05, 3.63) is 23.8 Å². The molecule has 4 rings (SSSR count). The zero-order valence-corrected chi connectivity index (χ0v) is 12.6. The molecule has 5 nitrogen and oxygen atoms in total. The Kier molecular flexibility index (Phi) is 3.03. The van der Waals surface area contributed by atoms with Crippen LogP contribution in [0.1, 0.15) is 31.2 Å². The van der Waals surface area contributed by atoms with Gasteiger partial charge in [0.2, 0.25) is 10.0 Å². The number of aliphatic hydroxyl groups is 1. The summed E-state index contributed by atoms with van der Waals surface area (Å²) < 4.78 is 27.6. The molecule has 2 fully saturated rings. The zero-order valence-electron chi connectivity index (χ0n) is 11.8. The maximum absolute atomic E-state index is 13.0. The molecule has 3 aliphatic heterocycles. The molecule has 2 atom stereocenters. The van der Waals surface area contributed by atoms with Crippen molar-refractivity contribution in [2.45, 2.75) is 55.2 Å². The first-order valence-electron chi connectivity index (χ1n) is 7.64. The van der Waals surface area contributed by atoms with Crippen molar-refractivity contribution in [3.8, 4) is 0 Å². The lowest BCUT2D eigenvalue weighted by atomic mass is 10.0. The number of benzene rings is 1. The van der Waals surface area contributed by atoms with Crippen LogP contribution in [0.3, 0.4) is 0 Å². The van der Waals surface area contributed by atoms with Crippen LogP contribution in [0.4, 0.5) is 5.69 Å². The standard InChI is InChI=1S/C15H20N2O3S/c18-13-7-11-2-3-12(8-13)17(11)21(19,20)14-4-1-10-5-6-16-15(10)9-14/h1,4,9,11-13,16,18H,2-3,5-8H2. The van der Waals surface area contributed by atoms with Crippen molar-refractivity contribution in [2.24, 2.45) is 0 Å². The first-order chi connectivity index (χ1) is 10.1. The van der Waals surface area contributed by atoms with Crippen molar-refractivity contribution < 1.29 is 13.5 Å². The summed E-state index contributed by atoms with van der Waals surface area (Å²) in [5, 5.41) is 13.1. The molecule has 2 saturated heterocycles. The molecule has 0 aliphatic carbocycles. The minimum absolute atomic E-state index is 0.0371. The van der Waals surface area contributed by atoms with E-state index < -0.39 is 10.0 Å². The molecule has 1 aromatic carbocycles. The molecule has 0 radical (unpaired) electrons. The van der Waals surface area contributed by atoms with E-state index in [9.17, 15) is 13.5 Å². The van der Waals surface area contributed by atoms with Crippen LogP contribution in [0, 0.1) is 0 Å². The quantitative estimate of drug-likeness (QED) is 0.865. The van der Waals surface area contributed by atoms with Gasteiger partial charge in [-0.15, -0.1) is 0 Å². The van der Waals surface area contributed by atoms with Gasteiger partial charge in [0.05, 0.1) is 11.0 Å². The molecule has 0 aromatic heterocycles. The third-order valence-corrected chi connectivity index (χ3v) is 7.01. The van der Waals surface area contributed by atoms with Gasteiger partial charge in [0.1, 0.15) is 0 Å². The van der Waals surface area contributed by atoms with Gasteiger partial charge in [-0.05, 0) is 49.8 Å². The molecule has 0 amide bonds. The number of anilines is 1. The maximum Gasteiger partial charge on any atom is 0.243 e. The van der Waals surface area contributed by atoms with E-state index in [0.29, 0.717) is 17.7 Å². The molecule has 0 saturated carbocycles. The Balaban J connectivity index is 1.71. The summed E-state index contributed by atoms with van der Waals surface area (Å²) in [5.74, 6) is 0. The van der Waals surface area contributed by atoms with Gasteiger partial charge in [-0.1, -0.05) is 6.07 Å². The number of hydrogen-bond donors (Lipinski definition) is 2. The van der Waals surface area contributed by atoms with Crippen LogP contribution in [-0.4, -0.2) is 42.6 Å². The maximum atomic E-state index is 13.0. The van der Waals surface area contributed by atoms with Gasteiger partial charge >= 0.3 is 0 Å². The fraction of sp³-hybridized carbons (Fsp3) is 0.600. The summed E-state index contributed by atoms with van der Waals surface area (Å²) in [6, 6.07) is 5.34. The second-order valence-corrected chi connectivity index (χ2v) is 8.18. The Morgan fingerprint density at radius 1 is 1.19 bits per heavy atom. The molecule has 2 bridgehead atoms. The lowest BCUT2D eigenvalue weighted by Crippen LogP contribution is -2.47. The second-order valence-electron chi connectivity index (χ2n) is 6.34. The number of nitrogens with one attached hydrogen (secondary N) is 1. The average molecular weight is 308 g/mol. The highest BCUT2D eigenvalue weighted by atomic mass is 32.2. The molecule has 2 N–H and O–H groups in total. The molecule has 114 valence electrons. The second kappa shape index (κ2) is 4.69. The summed E-state index contributed by atoms with van der Waals surface area (Å²) in [6.45, 7) is 0.875. The van der Waals surface area contributed by atoms with Crippen LogP contribution < -0.4 is 5.32 Å². The van der Waals surface area contributed by atoms with Gasteiger partial charge in [0.25, 0.3) is 0 Å². The van der Waals surface area contributed by atoms with Crippen molar-refractivity contribution >= 4 is 15.7 Å². The van der Waals surface area contributed by atoms with Crippen LogP contribution in [0.5, 0.6) is 0 Å². The summed E-state index contributed by atoms with van der Waals surface area (Å²) >= 11 is 0. The van der Waals surface area contributed by atoms with Crippen LogP contribution >= 0.6 is 0 Å². The van der Waals surface area contributed by atoms with Gasteiger partial charge in [0.15, 0.2) is 0 Å². The molecular formula is C15H20N2O3S. The van der Waals surface area contributed by atoms with Crippen molar-refractivity contribution in [1.29, 1.82) is 0 Å². The minimum Gasteiger partial charge on any atom is -0.393 e. The molecule has 2 unspecified atom stereocenters. The molecule has 1 aromatic rings. The molecular weight excluding hydrogens is 288 g/mol. The van der Waals surface area contributed by atoms with Crippen molar-refractivity contribution in [2.75, 3.05) is 11.9 Å². The van der Waals surface area contributed by atoms with Crippen LogP contribution in [-0.2, 0) is 16.4 Å². The van der Waals surface area contributed by atoms with E-state index in [0.717, 1.165) is 31.5 Å². The van der Waals surface area contributed by atoms with Crippen LogP contribution in [0.2, 0.25) is 0 Å². The van der Waals surface area contributed by atoms with E-state index in [1.807, 2.05) is 6.07 Å². The smallest absolute Gasteiger partial charge is 0.243 e. The van der Waals surface area contributed by atoms with Crippen LogP contribution in [0.25, 0.3) is 0 Å². The van der Waals surface area contributed by atoms with E-state index in [1.54, 1.807) is 16.4 Å². The number of sulfonamides is 1. The molecule has 21 heavy (non-hydrogen) atoms. The third-order valence-electron chi connectivity index (χ3n) is 5.01. The van der Waals surface area contributed by atoms with Crippen molar-refractivity contribution in [1.82, 2.24) is 4.31 Å². The molecule has 3 heterocycles. The molecule has 0 spiro atoms. The van der Waals surface area contributed by atoms with E-state index in [1.165, 1.54) is 5.56 Å². The predicted molar refractivity (Wildman–Crippen MR) is 79.7 cm³/mol. The highest BCUT2D eigenvalue weighted by Gasteiger charge is 2.46. The first kappa shape index (κ1) is 13.5. The highest BCUT2D eigenvalue weighted by molar-refractivity contribution is 7.89. The summed E-state index contributed by atoms with van der Waals surface area (Å²) in [7, 11) is -3.46. The zero-order chi connectivity index (χ0) is 14.6. The minimum atomic E-state index is -3.46. The number of nitrogens with zero attached hydrogens (tertiary/aromatic N) is 1. The molecule has 6 heteroatoms. The van der Waals surface area contributed by atoms with Gasteiger partial charge in [-0.3, -0.25) is 0 Å². The summed E-state index contributed by atoms with van der Waals surface area (Å²) in [4.78, 5) is 0.379. The predicted octanol–water partition coefficient (Wildman–Crippen LogP) is 1.33. The average Bonchev–Trinajstić information content (AvgIpc) is 3.01. The summed E-state index contributed by atoms with van der Waals surface area (Å²) in [6.07, 6.45) is 3.47. The summed E-state index contributed by atoms with van der Waals surface area (Å²) in [5.41, 5.74) is 2.13. The SMILES string of the molecule is O=S(=O)(c1ccc2c(c1)NCC2)N1C2CCC1CC(O)C2. The van der Waals surface area contributed by atoms with E-state index in [4.69, 9.17) is 0 Å². The van der Waals surface area contributed by atoms with E-state index in [2.05, 4.69) is 5.32 Å². The molecule has 3 aliphatic rings. The first-order valence-corrected chi connectivity index (χ1v) is 9.08. The number of aliphatic hydroxyl groups excluding tert-OH is 1. The largest absolute Gasteiger partial charge is 0.393 e. The van der Waals surface area contributed by atoms with E-state index >= 15 is 0 Å². The van der Waals surface area contributed by atoms with Gasteiger partial charge in [-0.2, -0.15) is 4.31 Å². The number of piperidine rings is 1. The lowest BCUT2D eigenvalue weighted by Gasteiger charge is -2.36. The van der Waals surface area contributed by atoms with E-state index in [-0.39, 0.29) is 18.2 Å². The Morgan fingerprint density at radius 2 is 1.90 bits per heavy atom. The van der Waals surface area contributed by atoms with Crippen LogP contribution in [0.15, 0.2) is 23.1 Å². The van der Waals surface area contributed by atoms with Gasteiger partial charge in [-0.25, -0.2) is 8.42 Å².